The Balaban J connectivity index is 1.55. The SMILES string of the molecule is O=C(NCCN1CCCC1)c1cc2scc(Br)c2n1Cc1ccccc1. The second-order valence-corrected chi connectivity index (χ2v) is 8.47. The number of nitrogens with zero attached hydrogens (tertiary/aromatic N) is 2. The summed E-state index contributed by atoms with van der Waals surface area (Å²) >= 11 is 5.31. The molecule has 1 aromatic carbocycles. The molecule has 1 aliphatic heterocycles. The molecule has 0 atom stereocenters. The first-order valence-corrected chi connectivity index (χ1v) is 10.7. The van der Waals surface area contributed by atoms with Gasteiger partial charge >= 0.3 is 0 Å². The molecule has 3 aromatic rings. The van der Waals surface area contributed by atoms with Crippen molar-refractivity contribution >= 4 is 43.4 Å². The van der Waals surface area contributed by atoms with Gasteiger partial charge < -0.3 is 14.8 Å². The topological polar surface area (TPSA) is 37.3 Å². The molecule has 0 bridgehead atoms. The zero-order chi connectivity index (χ0) is 17.9. The van der Waals surface area contributed by atoms with Gasteiger partial charge in [-0.2, -0.15) is 0 Å². The summed E-state index contributed by atoms with van der Waals surface area (Å²) in [5.74, 6) is 0.00966. The monoisotopic (exact) mass is 431 g/mol. The molecule has 4 rings (SSSR count). The third-order valence-electron chi connectivity index (χ3n) is 4.91. The molecule has 0 aliphatic carbocycles. The summed E-state index contributed by atoms with van der Waals surface area (Å²) in [6.45, 7) is 4.63. The summed E-state index contributed by atoms with van der Waals surface area (Å²) in [5, 5.41) is 5.19. The van der Waals surface area contributed by atoms with Crippen LogP contribution in [0, 0.1) is 0 Å². The fourth-order valence-corrected chi connectivity index (χ4v) is 5.27. The lowest BCUT2D eigenvalue weighted by Gasteiger charge is -2.15. The number of rotatable bonds is 6. The van der Waals surface area contributed by atoms with Gasteiger partial charge in [-0.25, -0.2) is 0 Å². The fourth-order valence-electron chi connectivity index (χ4n) is 3.57. The van der Waals surface area contributed by atoms with Crippen LogP contribution in [0.2, 0.25) is 0 Å². The van der Waals surface area contributed by atoms with Crippen LogP contribution in [0.1, 0.15) is 28.9 Å². The molecule has 1 fully saturated rings. The average Bonchev–Trinajstić information content (AvgIpc) is 3.36. The largest absolute Gasteiger partial charge is 0.349 e. The third-order valence-corrected chi connectivity index (χ3v) is 6.73. The number of aromatic nitrogens is 1. The first kappa shape index (κ1) is 17.8. The van der Waals surface area contributed by atoms with E-state index in [-0.39, 0.29) is 5.91 Å². The quantitative estimate of drug-likeness (QED) is 0.629. The number of fused-ring (bicyclic) bond motifs is 1. The lowest BCUT2D eigenvalue weighted by atomic mass is 10.2. The molecule has 136 valence electrons. The normalized spacial score (nSPS) is 15.0. The summed E-state index contributed by atoms with van der Waals surface area (Å²) in [7, 11) is 0. The van der Waals surface area contributed by atoms with E-state index in [1.54, 1.807) is 11.3 Å². The molecule has 1 aliphatic rings. The van der Waals surface area contributed by atoms with Crippen molar-refractivity contribution in [2.45, 2.75) is 19.4 Å². The Labute approximate surface area is 165 Å². The second kappa shape index (κ2) is 7.94. The molecule has 0 unspecified atom stereocenters. The predicted octanol–water partition coefficient (Wildman–Crippen LogP) is 4.34. The van der Waals surface area contributed by atoms with Gasteiger partial charge in [-0.05, 0) is 53.5 Å². The van der Waals surface area contributed by atoms with Crippen LogP contribution >= 0.6 is 27.3 Å². The molecule has 1 saturated heterocycles. The average molecular weight is 432 g/mol. The maximum atomic E-state index is 12.8. The van der Waals surface area contributed by atoms with E-state index in [1.165, 1.54) is 18.4 Å². The van der Waals surface area contributed by atoms with Crippen LogP contribution in [0.25, 0.3) is 10.2 Å². The van der Waals surface area contributed by atoms with Crippen LogP contribution in [0.15, 0.2) is 46.3 Å². The van der Waals surface area contributed by atoms with Crippen molar-refractivity contribution in [3.8, 4) is 0 Å². The molecule has 4 nitrogen and oxygen atoms in total. The molecule has 26 heavy (non-hydrogen) atoms. The van der Waals surface area contributed by atoms with Crippen molar-refractivity contribution in [2.75, 3.05) is 26.2 Å². The van der Waals surface area contributed by atoms with Crippen LogP contribution in [0.3, 0.4) is 0 Å². The molecular weight excluding hydrogens is 410 g/mol. The Morgan fingerprint density at radius 3 is 2.73 bits per heavy atom. The zero-order valence-corrected chi connectivity index (χ0v) is 17.0. The molecule has 0 spiro atoms. The van der Waals surface area contributed by atoms with Gasteiger partial charge in [0.2, 0.25) is 0 Å². The summed E-state index contributed by atoms with van der Waals surface area (Å²) < 4.78 is 4.30. The Kier molecular flexibility index (Phi) is 5.43. The summed E-state index contributed by atoms with van der Waals surface area (Å²) in [6.07, 6.45) is 2.55. The van der Waals surface area contributed by atoms with Gasteiger partial charge in [0, 0.05) is 25.0 Å². The van der Waals surface area contributed by atoms with E-state index < -0.39 is 0 Å². The van der Waals surface area contributed by atoms with Gasteiger partial charge in [0.25, 0.3) is 5.91 Å². The van der Waals surface area contributed by atoms with Crippen molar-refractivity contribution in [3.63, 3.8) is 0 Å². The smallest absolute Gasteiger partial charge is 0.268 e. The van der Waals surface area contributed by atoms with E-state index in [1.807, 2.05) is 24.3 Å². The summed E-state index contributed by atoms with van der Waals surface area (Å²) in [4.78, 5) is 15.3. The van der Waals surface area contributed by atoms with Crippen LogP contribution in [-0.4, -0.2) is 41.6 Å². The van der Waals surface area contributed by atoms with Crippen molar-refractivity contribution in [1.82, 2.24) is 14.8 Å². The highest BCUT2D eigenvalue weighted by Gasteiger charge is 2.19. The van der Waals surface area contributed by atoms with Gasteiger partial charge in [-0.15, -0.1) is 11.3 Å². The first-order chi connectivity index (χ1) is 12.7. The van der Waals surface area contributed by atoms with Crippen LogP contribution in [0.4, 0.5) is 0 Å². The standard InChI is InChI=1S/C20H22BrN3OS/c21-16-14-26-18-12-17(20(25)22-8-11-23-9-4-5-10-23)24(19(16)18)13-15-6-2-1-3-7-15/h1-3,6-7,12,14H,4-5,8-11,13H2,(H,22,25). The number of hydrogen-bond donors (Lipinski definition) is 1. The van der Waals surface area contributed by atoms with Gasteiger partial charge in [0.1, 0.15) is 5.69 Å². The van der Waals surface area contributed by atoms with Crippen LogP contribution in [0.5, 0.6) is 0 Å². The Bertz CT molecular complexity index is 897. The van der Waals surface area contributed by atoms with Crippen molar-refractivity contribution in [1.29, 1.82) is 0 Å². The number of carbonyl (C=O) groups is 1. The van der Waals surface area contributed by atoms with Crippen molar-refractivity contribution in [2.24, 2.45) is 0 Å². The lowest BCUT2D eigenvalue weighted by molar-refractivity contribution is 0.0941. The van der Waals surface area contributed by atoms with E-state index in [0.29, 0.717) is 13.1 Å². The fraction of sp³-hybridized carbons (Fsp3) is 0.350. The minimum absolute atomic E-state index is 0.00966. The molecule has 0 saturated carbocycles. The van der Waals surface area contributed by atoms with Gasteiger partial charge in [-0.1, -0.05) is 30.3 Å². The molecule has 2 aromatic heterocycles. The molecular formula is C20H22BrN3OS. The zero-order valence-electron chi connectivity index (χ0n) is 14.6. The first-order valence-electron chi connectivity index (χ1n) is 9.03. The maximum Gasteiger partial charge on any atom is 0.268 e. The summed E-state index contributed by atoms with van der Waals surface area (Å²) in [5.41, 5.74) is 3.02. The Morgan fingerprint density at radius 1 is 1.19 bits per heavy atom. The number of amides is 1. The van der Waals surface area contributed by atoms with Gasteiger partial charge in [-0.3, -0.25) is 4.79 Å². The second-order valence-electron chi connectivity index (χ2n) is 6.70. The lowest BCUT2D eigenvalue weighted by Crippen LogP contribution is -2.34. The maximum absolute atomic E-state index is 12.8. The predicted molar refractivity (Wildman–Crippen MR) is 111 cm³/mol. The van der Waals surface area contributed by atoms with E-state index in [0.717, 1.165) is 40.0 Å². The molecule has 6 heteroatoms. The highest BCUT2D eigenvalue weighted by atomic mass is 79.9. The van der Waals surface area contributed by atoms with E-state index >= 15 is 0 Å². The molecule has 1 amide bonds. The highest BCUT2D eigenvalue weighted by molar-refractivity contribution is 9.10. The molecule has 0 radical (unpaired) electrons. The number of halogens is 1. The summed E-state index contributed by atoms with van der Waals surface area (Å²) in [6, 6.07) is 12.3. The van der Waals surface area contributed by atoms with E-state index in [2.05, 4.69) is 48.2 Å². The third kappa shape index (κ3) is 3.72. The minimum Gasteiger partial charge on any atom is -0.349 e. The van der Waals surface area contributed by atoms with Crippen LogP contribution < -0.4 is 5.32 Å². The van der Waals surface area contributed by atoms with Gasteiger partial charge in [0.15, 0.2) is 0 Å². The minimum atomic E-state index is 0.00966. The molecule has 3 heterocycles. The number of thiophene rings is 1. The Morgan fingerprint density at radius 2 is 1.96 bits per heavy atom. The number of hydrogen-bond acceptors (Lipinski definition) is 3. The highest BCUT2D eigenvalue weighted by Crippen LogP contribution is 2.33. The van der Waals surface area contributed by atoms with Gasteiger partial charge in [0.05, 0.1) is 14.7 Å². The number of nitrogens with one attached hydrogen (secondary N) is 1. The van der Waals surface area contributed by atoms with Crippen molar-refractivity contribution < 1.29 is 4.79 Å². The van der Waals surface area contributed by atoms with Crippen molar-refractivity contribution in [3.05, 3.63) is 57.5 Å². The number of likely N-dealkylation sites (tertiary alicyclic amines) is 1. The number of carbonyl (C=O) groups excluding carboxylic acids is 1. The van der Waals surface area contributed by atoms with E-state index in [4.69, 9.17) is 0 Å². The van der Waals surface area contributed by atoms with E-state index in [9.17, 15) is 4.79 Å². The number of benzene rings is 1. The van der Waals surface area contributed by atoms with Crippen LogP contribution in [-0.2, 0) is 6.54 Å². The Hall–Kier alpha value is -1.63. The molecule has 1 N–H and O–H groups in total.